The number of fused-ring (bicyclic) bond motifs is 2. The Balaban J connectivity index is 1.59. The molecule has 3 heterocycles. The number of rotatable bonds is 2. The van der Waals surface area contributed by atoms with Crippen LogP contribution in [0.15, 0.2) is 23.3 Å². The van der Waals surface area contributed by atoms with Gasteiger partial charge < -0.3 is 9.84 Å². The van der Waals surface area contributed by atoms with E-state index in [-0.39, 0.29) is 23.8 Å². The second-order valence-electron chi connectivity index (χ2n) is 7.06. The fourth-order valence-electron chi connectivity index (χ4n) is 3.99. The highest BCUT2D eigenvalue weighted by Crippen LogP contribution is 2.27. The number of ether oxygens (including phenoxy) is 1. The average molecular weight is 364 g/mol. The van der Waals surface area contributed by atoms with Crippen LogP contribution in [0.1, 0.15) is 24.8 Å². The Morgan fingerprint density at radius 3 is 3.12 bits per heavy atom. The molecule has 0 saturated carbocycles. The number of aromatic nitrogens is 2. The third kappa shape index (κ3) is 3.19. The highest BCUT2D eigenvalue weighted by molar-refractivity contribution is 6.31. The Hall–Kier alpha value is -1.47. The molecular weight excluding hydrogens is 342 g/mol. The maximum Gasteiger partial charge on any atom is 0.261 e. The van der Waals surface area contributed by atoms with Crippen molar-refractivity contribution in [1.82, 2.24) is 14.5 Å². The molecule has 2 fully saturated rings. The lowest BCUT2D eigenvalue weighted by Crippen LogP contribution is -2.55. The van der Waals surface area contributed by atoms with Crippen LogP contribution in [-0.4, -0.2) is 51.1 Å². The zero-order chi connectivity index (χ0) is 17.6. The minimum atomic E-state index is -0.312. The smallest absolute Gasteiger partial charge is 0.261 e. The van der Waals surface area contributed by atoms with Crippen molar-refractivity contribution in [2.75, 3.05) is 13.3 Å². The van der Waals surface area contributed by atoms with Gasteiger partial charge in [0, 0.05) is 17.6 Å². The topological polar surface area (TPSA) is 67.6 Å². The summed E-state index contributed by atoms with van der Waals surface area (Å²) in [6.07, 6.45) is 3.72. The number of piperidine rings is 1. The zero-order valence-electron chi connectivity index (χ0n) is 14.2. The van der Waals surface area contributed by atoms with Crippen molar-refractivity contribution >= 4 is 22.5 Å². The van der Waals surface area contributed by atoms with Crippen LogP contribution in [0.4, 0.5) is 0 Å². The van der Waals surface area contributed by atoms with Crippen LogP contribution in [0.2, 0.25) is 5.02 Å². The molecule has 1 N–H and O–H groups in total. The number of hydrogen-bond donors (Lipinski definition) is 1. The molecule has 0 radical (unpaired) electrons. The number of benzene rings is 1. The quantitative estimate of drug-likeness (QED) is 0.883. The van der Waals surface area contributed by atoms with Gasteiger partial charge in [-0.25, -0.2) is 4.98 Å². The minimum absolute atomic E-state index is 0.105. The maximum atomic E-state index is 12.8. The van der Waals surface area contributed by atoms with Crippen LogP contribution in [0, 0.1) is 6.92 Å². The van der Waals surface area contributed by atoms with E-state index in [9.17, 15) is 9.90 Å². The van der Waals surface area contributed by atoms with Crippen LogP contribution in [0.5, 0.6) is 0 Å². The summed E-state index contributed by atoms with van der Waals surface area (Å²) in [6.45, 7) is 3.80. The van der Waals surface area contributed by atoms with Gasteiger partial charge in [-0.1, -0.05) is 11.6 Å². The predicted octanol–water partition coefficient (Wildman–Crippen LogP) is 1.93. The third-order valence-electron chi connectivity index (χ3n) is 5.32. The average Bonchev–Trinajstić information content (AvgIpc) is 2.58. The van der Waals surface area contributed by atoms with E-state index in [1.165, 1.54) is 0 Å². The molecule has 0 aliphatic carbocycles. The molecule has 25 heavy (non-hydrogen) atoms. The molecule has 2 saturated heterocycles. The van der Waals surface area contributed by atoms with E-state index in [0.717, 1.165) is 31.4 Å². The number of nitrogens with zero attached hydrogens (tertiary/aromatic N) is 3. The highest BCUT2D eigenvalue weighted by atomic mass is 35.5. The van der Waals surface area contributed by atoms with Crippen molar-refractivity contribution in [3.8, 4) is 0 Å². The fraction of sp³-hybridized carbons (Fsp3) is 0.556. The van der Waals surface area contributed by atoms with Crippen molar-refractivity contribution in [3.05, 3.63) is 39.4 Å². The normalized spacial score (nSPS) is 27.4. The molecule has 1 aromatic carbocycles. The van der Waals surface area contributed by atoms with Crippen LogP contribution < -0.4 is 5.56 Å². The molecule has 0 bridgehead atoms. The zero-order valence-corrected chi connectivity index (χ0v) is 14.9. The van der Waals surface area contributed by atoms with Crippen LogP contribution in [0.3, 0.4) is 0 Å². The minimum Gasteiger partial charge on any atom is -0.391 e. The van der Waals surface area contributed by atoms with E-state index < -0.39 is 0 Å². The Morgan fingerprint density at radius 1 is 1.44 bits per heavy atom. The Kier molecular flexibility index (Phi) is 4.54. The molecule has 4 rings (SSSR count). The predicted molar refractivity (Wildman–Crippen MR) is 95.8 cm³/mol. The summed E-state index contributed by atoms with van der Waals surface area (Å²) in [7, 11) is 0. The lowest BCUT2D eigenvalue weighted by molar-refractivity contribution is -0.141. The van der Waals surface area contributed by atoms with Gasteiger partial charge in [-0.3, -0.25) is 14.3 Å². The monoisotopic (exact) mass is 363 g/mol. The van der Waals surface area contributed by atoms with Gasteiger partial charge in [-0.2, -0.15) is 0 Å². The number of aryl methyl sites for hydroxylation is 1. The number of hydrogen-bond acceptors (Lipinski definition) is 5. The first kappa shape index (κ1) is 17.0. The standard InChI is InChI=1S/C18H22ClN3O3/c1-11-5-12(19)6-14-17(11)20-9-22(18(14)24)8-13-7-15-16(23)3-2-4-21(15)10-25-13/h5-6,9,13,15-16,23H,2-4,7-8,10H2,1H3/t13-,15+,16-/m0/s1. The molecule has 2 aliphatic rings. The summed E-state index contributed by atoms with van der Waals surface area (Å²) in [5.41, 5.74) is 1.47. The third-order valence-corrected chi connectivity index (χ3v) is 5.54. The molecular formula is C18H22ClN3O3. The molecule has 6 nitrogen and oxygen atoms in total. The number of halogens is 1. The molecule has 134 valence electrons. The van der Waals surface area contributed by atoms with Crippen LogP contribution in [0.25, 0.3) is 10.9 Å². The van der Waals surface area contributed by atoms with Gasteiger partial charge in [0.2, 0.25) is 0 Å². The summed E-state index contributed by atoms with van der Waals surface area (Å²) in [4.78, 5) is 19.4. The van der Waals surface area contributed by atoms with Crippen molar-refractivity contribution < 1.29 is 9.84 Å². The van der Waals surface area contributed by atoms with E-state index in [2.05, 4.69) is 9.88 Å². The Labute approximate surface area is 151 Å². The number of aliphatic hydroxyl groups is 1. The van der Waals surface area contributed by atoms with Crippen molar-refractivity contribution in [1.29, 1.82) is 0 Å². The number of aliphatic hydroxyl groups excluding tert-OH is 1. The van der Waals surface area contributed by atoms with E-state index in [1.54, 1.807) is 17.0 Å². The van der Waals surface area contributed by atoms with E-state index in [4.69, 9.17) is 16.3 Å². The molecule has 3 atom stereocenters. The molecule has 0 spiro atoms. The van der Waals surface area contributed by atoms with Gasteiger partial charge in [-0.15, -0.1) is 0 Å². The van der Waals surface area contributed by atoms with Gasteiger partial charge in [-0.05, 0) is 43.9 Å². The first-order valence-corrected chi connectivity index (χ1v) is 9.10. The summed E-state index contributed by atoms with van der Waals surface area (Å²) < 4.78 is 7.51. The second kappa shape index (κ2) is 6.68. The maximum absolute atomic E-state index is 12.8. The van der Waals surface area contributed by atoms with Crippen molar-refractivity contribution in [2.24, 2.45) is 0 Å². The lowest BCUT2D eigenvalue weighted by atomic mass is 9.93. The van der Waals surface area contributed by atoms with E-state index in [1.807, 2.05) is 13.0 Å². The van der Waals surface area contributed by atoms with Gasteiger partial charge in [0.1, 0.15) is 0 Å². The van der Waals surface area contributed by atoms with Gasteiger partial charge in [0.15, 0.2) is 0 Å². The summed E-state index contributed by atoms with van der Waals surface area (Å²) in [6, 6.07) is 3.60. The molecule has 0 amide bonds. The van der Waals surface area contributed by atoms with E-state index >= 15 is 0 Å². The second-order valence-corrected chi connectivity index (χ2v) is 7.50. The first-order valence-electron chi connectivity index (χ1n) is 8.72. The fourth-order valence-corrected chi connectivity index (χ4v) is 4.26. The van der Waals surface area contributed by atoms with Crippen molar-refractivity contribution in [3.63, 3.8) is 0 Å². The first-order chi connectivity index (χ1) is 12.0. The highest BCUT2D eigenvalue weighted by Gasteiger charge is 2.36. The summed E-state index contributed by atoms with van der Waals surface area (Å²) in [5, 5.41) is 11.3. The van der Waals surface area contributed by atoms with Crippen molar-refractivity contribution in [2.45, 2.75) is 51.0 Å². The lowest BCUT2D eigenvalue weighted by Gasteiger charge is -2.44. The van der Waals surface area contributed by atoms with Gasteiger partial charge in [0.25, 0.3) is 5.56 Å². The van der Waals surface area contributed by atoms with Gasteiger partial charge >= 0.3 is 0 Å². The molecule has 2 aliphatic heterocycles. The van der Waals surface area contributed by atoms with E-state index in [0.29, 0.717) is 29.2 Å². The van der Waals surface area contributed by atoms with Crippen LogP contribution >= 0.6 is 11.6 Å². The van der Waals surface area contributed by atoms with Crippen LogP contribution in [-0.2, 0) is 11.3 Å². The Bertz CT molecular complexity index is 853. The Morgan fingerprint density at radius 2 is 2.28 bits per heavy atom. The summed E-state index contributed by atoms with van der Waals surface area (Å²) >= 11 is 6.10. The van der Waals surface area contributed by atoms with Gasteiger partial charge in [0.05, 0.1) is 42.7 Å². The molecule has 2 aromatic rings. The molecule has 7 heteroatoms. The summed E-state index contributed by atoms with van der Waals surface area (Å²) in [5.74, 6) is 0. The molecule has 1 aromatic heterocycles. The largest absolute Gasteiger partial charge is 0.391 e. The SMILES string of the molecule is Cc1cc(Cl)cc2c(=O)n(C[C@@H]3C[C@@H]4[C@@H](O)CCCN4CO3)cnc12. The molecule has 0 unspecified atom stereocenters.